The van der Waals surface area contributed by atoms with Gasteiger partial charge in [-0.1, -0.05) is 23.7 Å². The summed E-state index contributed by atoms with van der Waals surface area (Å²) in [7, 11) is 0. The molecule has 1 aromatic carbocycles. The SMILES string of the molecule is CC(Oc1ccccc1Cl)C(=O)NCC1CCCNC1.Cl. The normalized spacial score (nSPS) is 19.2. The number of ether oxygens (including phenoxy) is 1. The number of carbonyl (C=O) groups excluding carboxylic acids is 1. The van der Waals surface area contributed by atoms with Crippen molar-refractivity contribution >= 4 is 29.9 Å². The van der Waals surface area contributed by atoms with Crippen molar-refractivity contribution < 1.29 is 9.53 Å². The van der Waals surface area contributed by atoms with Crippen LogP contribution in [0, 0.1) is 5.92 Å². The van der Waals surface area contributed by atoms with Crippen molar-refractivity contribution in [2.75, 3.05) is 19.6 Å². The second-order valence-electron chi connectivity index (χ2n) is 5.15. The predicted molar refractivity (Wildman–Crippen MR) is 87.4 cm³/mol. The van der Waals surface area contributed by atoms with Crippen LogP contribution in [0.15, 0.2) is 24.3 Å². The van der Waals surface area contributed by atoms with Gasteiger partial charge in [-0.15, -0.1) is 12.4 Å². The minimum Gasteiger partial charge on any atom is -0.479 e. The van der Waals surface area contributed by atoms with Crippen LogP contribution in [0.3, 0.4) is 0 Å². The van der Waals surface area contributed by atoms with Gasteiger partial charge in [0.1, 0.15) is 5.75 Å². The van der Waals surface area contributed by atoms with Gasteiger partial charge < -0.3 is 15.4 Å². The lowest BCUT2D eigenvalue weighted by Crippen LogP contribution is -2.42. The number of amides is 1. The highest BCUT2D eigenvalue weighted by atomic mass is 35.5. The van der Waals surface area contributed by atoms with Crippen LogP contribution in [-0.2, 0) is 4.79 Å². The van der Waals surface area contributed by atoms with Gasteiger partial charge in [0.05, 0.1) is 5.02 Å². The molecule has 118 valence electrons. The van der Waals surface area contributed by atoms with E-state index in [-0.39, 0.29) is 18.3 Å². The summed E-state index contributed by atoms with van der Waals surface area (Å²) in [6, 6.07) is 7.17. The highest BCUT2D eigenvalue weighted by Crippen LogP contribution is 2.24. The van der Waals surface area contributed by atoms with Gasteiger partial charge in [0, 0.05) is 6.54 Å². The van der Waals surface area contributed by atoms with Crippen molar-refractivity contribution in [1.82, 2.24) is 10.6 Å². The molecule has 0 radical (unpaired) electrons. The molecule has 1 aliphatic heterocycles. The van der Waals surface area contributed by atoms with Crippen molar-refractivity contribution in [3.05, 3.63) is 29.3 Å². The highest BCUT2D eigenvalue weighted by molar-refractivity contribution is 6.32. The average molecular weight is 333 g/mol. The number of halogens is 2. The summed E-state index contributed by atoms with van der Waals surface area (Å²) in [5, 5.41) is 6.80. The molecule has 1 amide bonds. The third kappa shape index (κ3) is 5.73. The second kappa shape index (κ2) is 9.13. The fourth-order valence-corrected chi connectivity index (χ4v) is 2.45. The summed E-state index contributed by atoms with van der Waals surface area (Å²) in [5.74, 6) is 0.951. The van der Waals surface area contributed by atoms with E-state index < -0.39 is 6.10 Å². The maximum atomic E-state index is 12.0. The van der Waals surface area contributed by atoms with Crippen molar-refractivity contribution in [3.8, 4) is 5.75 Å². The van der Waals surface area contributed by atoms with Gasteiger partial charge in [0.25, 0.3) is 5.91 Å². The van der Waals surface area contributed by atoms with E-state index >= 15 is 0 Å². The fraction of sp³-hybridized carbons (Fsp3) is 0.533. The van der Waals surface area contributed by atoms with E-state index in [2.05, 4.69) is 10.6 Å². The first-order valence-electron chi connectivity index (χ1n) is 7.06. The molecule has 0 aliphatic carbocycles. The van der Waals surface area contributed by atoms with E-state index in [0.29, 0.717) is 23.2 Å². The van der Waals surface area contributed by atoms with E-state index in [1.807, 2.05) is 12.1 Å². The summed E-state index contributed by atoms with van der Waals surface area (Å²) in [6.45, 7) is 4.48. The van der Waals surface area contributed by atoms with Crippen LogP contribution < -0.4 is 15.4 Å². The maximum absolute atomic E-state index is 12.0. The molecule has 21 heavy (non-hydrogen) atoms. The van der Waals surface area contributed by atoms with Crippen LogP contribution in [0.4, 0.5) is 0 Å². The van der Waals surface area contributed by atoms with E-state index in [1.54, 1.807) is 19.1 Å². The molecule has 6 heteroatoms. The first kappa shape index (κ1) is 18.1. The highest BCUT2D eigenvalue weighted by Gasteiger charge is 2.18. The van der Waals surface area contributed by atoms with Gasteiger partial charge in [0.2, 0.25) is 0 Å². The molecule has 4 nitrogen and oxygen atoms in total. The number of piperidine rings is 1. The van der Waals surface area contributed by atoms with Gasteiger partial charge in [-0.2, -0.15) is 0 Å². The molecule has 0 saturated carbocycles. The number of benzene rings is 1. The molecule has 1 saturated heterocycles. The standard InChI is InChI=1S/C15H21ClN2O2.ClH/c1-11(20-14-7-3-2-6-13(14)16)15(19)18-10-12-5-4-8-17-9-12;/h2-3,6-7,11-12,17H,4-5,8-10H2,1H3,(H,18,19);1H. The Kier molecular flexibility index (Phi) is 7.86. The van der Waals surface area contributed by atoms with Crippen LogP contribution in [0.1, 0.15) is 19.8 Å². The zero-order valence-corrected chi connectivity index (χ0v) is 13.7. The van der Waals surface area contributed by atoms with Gasteiger partial charge in [-0.05, 0) is 50.9 Å². The van der Waals surface area contributed by atoms with E-state index in [9.17, 15) is 4.79 Å². The van der Waals surface area contributed by atoms with Crippen molar-refractivity contribution in [2.45, 2.75) is 25.9 Å². The fourth-order valence-electron chi connectivity index (χ4n) is 2.27. The molecule has 1 aliphatic rings. The van der Waals surface area contributed by atoms with E-state index in [0.717, 1.165) is 19.5 Å². The minimum atomic E-state index is -0.550. The molecule has 2 N–H and O–H groups in total. The zero-order chi connectivity index (χ0) is 14.4. The van der Waals surface area contributed by atoms with Gasteiger partial charge in [-0.25, -0.2) is 0 Å². The Hall–Kier alpha value is -0.970. The van der Waals surface area contributed by atoms with Crippen LogP contribution in [0.2, 0.25) is 5.02 Å². The lowest BCUT2D eigenvalue weighted by Gasteiger charge is -2.23. The Morgan fingerprint density at radius 3 is 2.95 bits per heavy atom. The van der Waals surface area contributed by atoms with Gasteiger partial charge in [0.15, 0.2) is 6.10 Å². The molecule has 1 heterocycles. The summed E-state index contributed by atoms with van der Waals surface area (Å²) >= 11 is 6.01. The number of nitrogens with one attached hydrogen (secondary N) is 2. The van der Waals surface area contributed by atoms with Crippen molar-refractivity contribution in [1.29, 1.82) is 0 Å². The summed E-state index contributed by atoms with van der Waals surface area (Å²) in [6.07, 6.45) is 1.78. The monoisotopic (exact) mass is 332 g/mol. The molecule has 0 aromatic heterocycles. The first-order chi connectivity index (χ1) is 9.66. The predicted octanol–water partition coefficient (Wildman–Crippen LogP) is 2.64. The Balaban J connectivity index is 0.00000220. The summed E-state index contributed by atoms with van der Waals surface area (Å²) < 4.78 is 5.59. The molecule has 2 rings (SSSR count). The molecule has 0 spiro atoms. The quantitative estimate of drug-likeness (QED) is 0.871. The maximum Gasteiger partial charge on any atom is 0.260 e. The second-order valence-corrected chi connectivity index (χ2v) is 5.56. The van der Waals surface area contributed by atoms with Crippen LogP contribution in [0.25, 0.3) is 0 Å². The lowest BCUT2D eigenvalue weighted by molar-refractivity contribution is -0.127. The van der Waals surface area contributed by atoms with Gasteiger partial charge >= 0.3 is 0 Å². The smallest absolute Gasteiger partial charge is 0.260 e. The summed E-state index contributed by atoms with van der Waals surface area (Å²) in [5.41, 5.74) is 0. The number of hydrogen-bond donors (Lipinski definition) is 2. The van der Waals surface area contributed by atoms with Crippen LogP contribution in [-0.4, -0.2) is 31.6 Å². The number of rotatable bonds is 5. The Bertz CT molecular complexity index is 451. The topological polar surface area (TPSA) is 50.4 Å². The molecule has 0 bridgehead atoms. The zero-order valence-electron chi connectivity index (χ0n) is 12.1. The van der Waals surface area contributed by atoms with E-state index in [4.69, 9.17) is 16.3 Å². The minimum absolute atomic E-state index is 0. The van der Waals surface area contributed by atoms with Gasteiger partial charge in [-0.3, -0.25) is 4.79 Å². The molecule has 1 fully saturated rings. The molecular formula is C15H22Cl2N2O2. The summed E-state index contributed by atoms with van der Waals surface area (Å²) in [4.78, 5) is 12.0. The van der Waals surface area contributed by atoms with Crippen molar-refractivity contribution in [3.63, 3.8) is 0 Å². The van der Waals surface area contributed by atoms with E-state index in [1.165, 1.54) is 6.42 Å². The Morgan fingerprint density at radius 2 is 2.29 bits per heavy atom. The largest absolute Gasteiger partial charge is 0.479 e. The van der Waals surface area contributed by atoms with Crippen LogP contribution in [0.5, 0.6) is 5.75 Å². The number of para-hydroxylation sites is 1. The number of hydrogen-bond acceptors (Lipinski definition) is 3. The molecule has 2 atom stereocenters. The average Bonchev–Trinajstić information content (AvgIpc) is 2.48. The van der Waals surface area contributed by atoms with Crippen LogP contribution >= 0.6 is 24.0 Å². The first-order valence-corrected chi connectivity index (χ1v) is 7.44. The number of carbonyl (C=O) groups is 1. The molecular weight excluding hydrogens is 311 g/mol. The third-order valence-corrected chi connectivity index (χ3v) is 3.79. The Morgan fingerprint density at radius 1 is 1.52 bits per heavy atom. The lowest BCUT2D eigenvalue weighted by atomic mass is 10.00. The molecule has 2 unspecified atom stereocenters. The molecule has 1 aromatic rings. The third-order valence-electron chi connectivity index (χ3n) is 3.47. The Labute approximate surface area is 137 Å². The van der Waals surface area contributed by atoms with Crippen molar-refractivity contribution in [2.24, 2.45) is 5.92 Å².